The molecule has 7 heteroatoms. The molecule has 0 saturated carbocycles. The molecule has 2 bridgehead atoms. The van der Waals surface area contributed by atoms with Crippen LogP contribution in [0.2, 0.25) is 0 Å². The molecule has 0 unspecified atom stereocenters. The van der Waals surface area contributed by atoms with Gasteiger partial charge in [-0.1, -0.05) is 0 Å². The summed E-state index contributed by atoms with van der Waals surface area (Å²) in [4.78, 5) is 47.6. The van der Waals surface area contributed by atoms with E-state index in [1.165, 1.54) is 18.2 Å². The van der Waals surface area contributed by atoms with Gasteiger partial charge in [0.15, 0.2) is 0 Å². The van der Waals surface area contributed by atoms with E-state index in [0.717, 1.165) is 4.57 Å². The van der Waals surface area contributed by atoms with E-state index >= 15 is 0 Å². The molecule has 0 radical (unpaired) electrons. The molecule has 3 aromatic rings. The second-order valence-corrected chi connectivity index (χ2v) is 6.16. The molecule has 7 nitrogen and oxygen atoms in total. The van der Waals surface area contributed by atoms with Crippen LogP contribution in [-0.2, 0) is 16.1 Å². The first-order valence-corrected chi connectivity index (χ1v) is 7.05. The summed E-state index contributed by atoms with van der Waals surface area (Å²) >= 11 is 0. The summed E-state index contributed by atoms with van der Waals surface area (Å²) in [7, 11) is 0. The van der Waals surface area contributed by atoms with Crippen LogP contribution in [-0.4, -0.2) is 27.2 Å². The average Bonchev–Trinajstić information content (AvgIpc) is 2.60. The Bertz CT molecular complexity index is 875. The molecular formula is C16H17NO6. The highest BCUT2D eigenvalue weighted by molar-refractivity contribution is 5.98. The van der Waals surface area contributed by atoms with Gasteiger partial charge in [-0.25, -0.2) is 4.79 Å². The number of carboxylic acids is 1. The molecule has 1 aromatic carbocycles. The molecule has 0 saturated heterocycles. The molecule has 1 N–H and O–H groups in total. The number of fused-ring (bicyclic) bond motifs is 4. The van der Waals surface area contributed by atoms with E-state index in [4.69, 9.17) is 9.84 Å². The Hall–Kier alpha value is -2.70. The van der Waals surface area contributed by atoms with Crippen LogP contribution in [0.25, 0.3) is 10.8 Å². The van der Waals surface area contributed by atoms with Crippen molar-refractivity contribution in [2.45, 2.75) is 39.3 Å². The van der Waals surface area contributed by atoms with Gasteiger partial charge in [0, 0.05) is 11.9 Å². The van der Waals surface area contributed by atoms with Crippen molar-refractivity contribution in [2.75, 3.05) is 0 Å². The number of aromatic nitrogens is 1. The minimum absolute atomic E-state index is 0.0729. The third-order valence-corrected chi connectivity index (χ3v) is 3.18. The third kappa shape index (κ3) is 3.56. The number of carboxylic acid groups (broad SMARTS) is 1. The standard InChI is InChI=1S/C16H17NO6/c1-16(2,3)23-12(18)6-7-17-13(19)9-4-5-10(14(17)20)11(8-9)15(21)22/h4-5,8H,6-7H2,1-3H3,(H,21,22). The first-order valence-electron chi connectivity index (χ1n) is 7.05. The van der Waals surface area contributed by atoms with E-state index in [1.807, 2.05) is 0 Å². The molecule has 0 amide bonds. The van der Waals surface area contributed by atoms with E-state index in [1.54, 1.807) is 20.8 Å². The fourth-order valence-corrected chi connectivity index (χ4v) is 2.23. The summed E-state index contributed by atoms with van der Waals surface area (Å²) < 4.78 is 6.01. The smallest absolute Gasteiger partial charge is 0.336 e. The van der Waals surface area contributed by atoms with Crippen molar-refractivity contribution < 1.29 is 19.4 Å². The van der Waals surface area contributed by atoms with Crippen LogP contribution in [0.15, 0.2) is 27.8 Å². The zero-order chi connectivity index (χ0) is 17.4. The van der Waals surface area contributed by atoms with Gasteiger partial charge in [0.05, 0.1) is 17.4 Å². The Kier molecular flexibility index (Phi) is 4.22. The van der Waals surface area contributed by atoms with Gasteiger partial charge in [-0.3, -0.25) is 19.0 Å². The number of rotatable bonds is 4. The number of hydrogen-bond donors (Lipinski definition) is 1. The van der Waals surface area contributed by atoms with E-state index < -0.39 is 28.7 Å². The molecular weight excluding hydrogens is 302 g/mol. The molecule has 0 atom stereocenters. The van der Waals surface area contributed by atoms with Gasteiger partial charge in [0.2, 0.25) is 0 Å². The number of aromatic carboxylic acids is 1. The van der Waals surface area contributed by atoms with E-state index in [-0.39, 0.29) is 29.3 Å². The fourth-order valence-electron chi connectivity index (χ4n) is 2.23. The lowest BCUT2D eigenvalue weighted by Gasteiger charge is -2.19. The Balaban J connectivity index is 2.42. The van der Waals surface area contributed by atoms with Crippen molar-refractivity contribution in [3.63, 3.8) is 0 Å². The minimum Gasteiger partial charge on any atom is -0.478 e. The summed E-state index contributed by atoms with van der Waals surface area (Å²) in [5.74, 6) is -1.82. The predicted molar refractivity (Wildman–Crippen MR) is 83.1 cm³/mol. The Morgan fingerprint density at radius 2 is 1.83 bits per heavy atom. The number of esters is 1. The van der Waals surface area contributed by atoms with Crippen LogP contribution in [0.4, 0.5) is 0 Å². The van der Waals surface area contributed by atoms with Crippen LogP contribution < -0.4 is 11.1 Å². The van der Waals surface area contributed by atoms with Crippen LogP contribution in [0.3, 0.4) is 0 Å². The molecule has 0 aliphatic heterocycles. The molecule has 0 aliphatic carbocycles. The van der Waals surface area contributed by atoms with Crippen molar-refractivity contribution in [3.05, 3.63) is 44.5 Å². The summed E-state index contributed by atoms with van der Waals surface area (Å²) in [5, 5.41) is 9.15. The zero-order valence-electron chi connectivity index (χ0n) is 13.1. The van der Waals surface area contributed by atoms with Crippen LogP contribution >= 0.6 is 0 Å². The second kappa shape index (κ2) is 5.83. The summed E-state index contributed by atoms with van der Waals surface area (Å²) in [6.07, 6.45) is -0.155. The number of carbonyl (C=O) groups is 2. The first-order chi connectivity index (χ1) is 10.6. The van der Waals surface area contributed by atoms with Crippen molar-refractivity contribution in [3.8, 4) is 0 Å². The van der Waals surface area contributed by atoms with Crippen molar-refractivity contribution in [1.29, 1.82) is 0 Å². The molecule has 2 heterocycles. The van der Waals surface area contributed by atoms with Crippen molar-refractivity contribution in [1.82, 2.24) is 4.57 Å². The normalized spacial score (nSPS) is 11.6. The molecule has 122 valence electrons. The van der Waals surface area contributed by atoms with Crippen LogP contribution in [0.5, 0.6) is 0 Å². The molecule has 0 aliphatic rings. The number of benzene rings is 1. The molecule has 0 fully saturated rings. The maximum Gasteiger partial charge on any atom is 0.336 e. The maximum atomic E-state index is 12.4. The van der Waals surface area contributed by atoms with Gasteiger partial charge in [-0.2, -0.15) is 0 Å². The van der Waals surface area contributed by atoms with Crippen LogP contribution in [0.1, 0.15) is 37.6 Å². The molecule has 2 aromatic heterocycles. The summed E-state index contributed by atoms with van der Waals surface area (Å²) in [6, 6.07) is 3.88. The van der Waals surface area contributed by atoms with Crippen molar-refractivity contribution >= 4 is 22.7 Å². The highest BCUT2D eigenvalue weighted by Crippen LogP contribution is 2.11. The van der Waals surface area contributed by atoms with E-state index in [2.05, 4.69) is 0 Å². The van der Waals surface area contributed by atoms with Gasteiger partial charge >= 0.3 is 11.9 Å². The number of nitrogens with zero attached hydrogens (tertiary/aromatic N) is 1. The lowest BCUT2D eigenvalue weighted by Crippen LogP contribution is -2.32. The van der Waals surface area contributed by atoms with Gasteiger partial charge in [-0.05, 0) is 39.0 Å². The number of ether oxygens (including phenoxy) is 1. The topological polar surface area (TPSA) is 103 Å². The minimum atomic E-state index is -1.28. The predicted octanol–water partition coefficient (Wildman–Crippen LogP) is 1.23. The SMILES string of the molecule is CC(C)(C)OC(=O)CCn1c(=O)c2ccc(c(C(=O)O)c2)c1=O. The van der Waals surface area contributed by atoms with Gasteiger partial charge in [-0.15, -0.1) is 0 Å². The summed E-state index contributed by atoms with van der Waals surface area (Å²) in [5.41, 5.74) is -2.23. The number of carbonyl (C=O) groups excluding carboxylic acids is 1. The largest absolute Gasteiger partial charge is 0.478 e. The Labute approximate surface area is 131 Å². The van der Waals surface area contributed by atoms with Crippen LogP contribution in [0, 0.1) is 0 Å². The number of hydrogen-bond acceptors (Lipinski definition) is 5. The Morgan fingerprint density at radius 3 is 2.39 bits per heavy atom. The van der Waals surface area contributed by atoms with E-state index in [0.29, 0.717) is 0 Å². The van der Waals surface area contributed by atoms with E-state index in [9.17, 15) is 19.2 Å². The Morgan fingerprint density at radius 1 is 1.17 bits per heavy atom. The lowest BCUT2D eigenvalue weighted by atomic mass is 10.1. The second-order valence-electron chi connectivity index (χ2n) is 6.16. The monoisotopic (exact) mass is 319 g/mol. The highest BCUT2D eigenvalue weighted by Gasteiger charge is 2.19. The fraction of sp³-hybridized carbons (Fsp3) is 0.375. The quantitative estimate of drug-likeness (QED) is 0.850. The van der Waals surface area contributed by atoms with Gasteiger partial charge in [0.25, 0.3) is 11.1 Å². The molecule has 23 heavy (non-hydrogen) atoms. The highest BCUT2D eigenvalue weighted by atomic mass is 16.6. The van der Waals surface area contributed by atoms with Gasteiger partial charge in [0.1, 0.15) is 5.60 Å². The summed E-state index contributed by atoms with van der Waals surface area (Å²) in [6.45, 7) is 4.98. The first kappa shape index (κ1) is 16.7. The lowest BCUT2D eigenvalue weighted by molar-refractivity contribution is -0.155. The maximum absolute atomic E-state index is 12.4. The van der Waals surface area contributed by atoms with Gasteiger partial charge < -0.3 is 9.84 Å². The molecule has 0 spiro atoms. The van der Waals surface area contributed by atoms with Crippen molar-refractivity contribution in [2.24, 2.45) is 0 Å². The third-order valence-electron chi connectivity index (χ3n) is 3.18. The zero-order valence-corrected chi connectivity index (χ0v) is 13.1. The average molecular weight is 319 g/mol. The molecule has 3 rings (SSSR count).